The topological polar surface area (TPSA) is 23.8 Å². The molecule has 0 aromatic rings. The minimum absolute atomic E-state index is 0.796. The average molecular weight is 131 g/mol. The molecule has 0 amide bonds. The first-order valence-electron chi connectivity index (χ1n) is 3.27. The number of nitrogens with zero attached hydrogens (tertiary/aromatic N) is 1. The van der Waals surface area contributed by atoms with Crippen LogP contribution in [-0.4, -0.2) is 0 Å². The molecule has 1 aliphatic carbocycles. The number of rotatable bonds is 0. The van der Waals surface area contributed by atoms with E-state index < -0.39 is 0 Å². The number of nitriles is 1. The van der Waals surface area contributed by atoms with Gasteiger partial charge in [-0.05, 0) is 19.4 Å². The smallest absolute Gasteiger partial charge is 0.0991 e. The van der Waals surface area contributed by atoms with Gasteiger partial charge >= 0.3 is 0 Å². The molecule has 0 saturated carbocycles. The van der Waals surface area contributed by atoms with E-state index in [0.717, 1.165) is 17.6 Å². The van der Waals surface area contributed by atoms with Crippen LogP contribution in [0.25, 0.3) is 0 Å². The summed E-state index contributed by atoms with van der Waals surface area (Å²) in [5.41, 5.74) is 1.94. The average Bonchev–Trinajstić information content (AvgIpc) is 2.13. The Morgan fingerprint density at radius 2 is 2.30 bits per heavy atom. The van der Waals surface area contributed by atoms with E-state index in [1.165, 1.54) is 0 Å². The lowest BCUT2D eigenvalue weighted by atomic mass is 10.1. The third kappa shape index (κ3) is 1.35. The maximum Gasteiger partial charge on any atom is 0.0991 e. The van der Waals surface area contributed by atoms with Crippen LogP contribution in [0.15, 0.2) is 35.5 Å². The van der Waals surface area contributed by atoms with Gasteiger partial charge in [-0.1, -0.05) is 23.8 Å². The van der Waals surface area contributed by atoms with Gasteiger partial charge in [-0.25, -0.2) is 0 Å². The van der Waals surface area contributed by atoms with Gasteiger partial charge in [0.05, 0.1) is 11.6 Å². The van der Waals surface area contributed by atoms with E-state index in [1.54, 1.807) is 0 Å². The zero-order valence-electron chi connectivity index (χ0n) is 5.96. The summed E-state index contributed by atoms with van der Waals surface area (Å²) in [4.78, 5) is 0. The summed E-state index contributed by atoms with van der Waals surface area (Å²) in [6, 6.07) is 2.15. The molecule has 0 aromatic carbocycles. The molecule has 0 atom stereocenters. The van der Waals surface area contributed by atoms with E-state index in [1.807, 2.05) is 25.2 Å². The van der Waals surface area contributed by atoms with Crippen molar-refractivity contribution in [1.29, 1.82) is 5.26 Å². The summed E-state index contributed by atoms with van der Waals surface area (Å²) in [5.74, 6) is 0. The third-order valence-corrected chi connectivity index (χ3v) is 1.51. The van der Waals surface area contributed by atoms with Gasteiger partial charge in [-0.3, -0.25) is 0 Å². The maximum atomic E-state index is 8.60. The molecule has 0 unspecified atom stereocenters. The van der Waals surface area contributed by atoms with Gasteiger partial charge < -0.3 is 0 Å². The first kappa shape index (κ1) is 6.82. The summed E-state index contributed by atoms with van der Waals surface area (Å²) in [6.45, 7) is 1.98. The zero-order chi connectivity index (χ0) is 7.40. The van der Waals surface area contributed by atoms with Crippen molar-refractivity contribution >= 4 is 0 Å². The molecule has 0 spiro atoms. The Bertz CT molecular complexity index is 248. The maximum absolute atomic E-state index is 8.60. The van der Waals surface area contributed by atoms with Crippen LogP contribution in [0.4, 0.5) is 0 Å². The summed E-state index contributed by atoms with van der Waals surface area (Å²) in [7, 11) is 0. The molecule has 1 rings (SSSR count). The standard InChI is InChI=1S/C9H9N/c1-8-5-3-2-4-6-9(8)7-10/h2-4,6H,5H2,1H3. The van der Waals surface area contributed by atoms with E-state index in [2.05, 4.69) is 12.1 Å². The van der Waals surface area contributed by atoms with E-state index in [-0.39, 0.29) is 0 Å². The molecule has 0 radical (unpaired) electrons. The van der Waals surface area contributed by atoms with Gasteiger partial charge in [0.25, 0.3) is 0 Å². The second-order valence-electron chi connectivity index (χ2n) is 2.30. The van der Waals surface area contributed by atoms with E-state index in [0.29, 0.717) is 0 Å². The largest absolute Gasteiger partial charge is 0.192 e. The van der Waals surface area contributed by atoms with E-state index in [9.17, 15) is 0 Å². The summed E-state index contributed by atoms with van der Waals surface area (Å²) in [5, 5.41) is 8.60. The van der Waals surface area contributed by atoms with Gasteiger partial charge in [0.15, 0.2) is 0 Å². The van der Waals surface area contributed by atoms with Crippen molar-refractivity contribution < 1.29 is 0 Å². The highest BCUT2D eigenvalue weighted by atomic mass is 14.2. The third-order valence-electron chi connectivity index (χ3n) is 1.51. The predicted molar refractivity (Wildman–Crippen MR) is 41.2 cm³/mol. The summed E-state index contributed by atoms with van der Waals surface area (Å²) < 4.78 is 0. The first-order valence-corrected chi connectivity index (χ1v) is 3.27. The lowest BCUT2D eigenvalue weighted by Gasteiger charge is -1.93. The molecule has 0 aliphatic heterocycles. The predicted octanol–water partition coefficient (Wildman–Crippen LogP) is 2.34. The van der Waals surface area contributed by atoms with Gasteiger partial charge in [0.2, 0.25) is 0 Å². The fraction of sp³-hybridized carbons (Fsp3) is 0.222. The fourth-order valence-corrected chi connectivity index (χ4v) is 0.860. The monoisotopic (exact) mass is 131 g/mol. The quantitative estimate of drug-likeness (QED) is 0.495. The number of hydrogen-bond donors (Lipinski definition) is 0. The van der Waals surface area contributed by atoms with Crippen LogP contribution in [0.2, 0.25) is 0 Å². The minimum Gasteiger partial charge on any atom is -0.192 e. The summed E-state index contributed by atoms with van der Waals surface area (Å²) in [6.07, 6.45) is 8.66. The van der Waals surface area contributed by atoms with Crippen LogP contribution < -0.4 is 0 Å². The van der Waals surface area contributed by atoms with E-state index in [4.69, 9.17) is 5.26 Å². The fourth-order valence-electron chi connectivity index (χ4n) is 0.860. The zero-order valence-corrected chi connectivity index (χ0v) is 5.96. The van der Waals surface area contributed by atoms with Crippen LogP contribution in [0.1, 0.15) is 13.3 Å². The van der Waals surface area contributed by atoms with Crippen molar-refractivity contribution in [2.45, 2.75) is 13.3 Å². The molecule has 50 valence electrons. The van der Waals surface area contributed by atoms with Crippen molar-refractivity contribution in [3.05, 3.63) is 35.5 Å². The highest BCUT2D eigenvalue weighted by Gasteiger charge is 1.96. The molecule has 1 heteroatoms. The molecule has 0 fully saturated rings. The summed E-state index contributed by atoms with van der Waals surface area (Å²) >= 11 is 0. The van der Waals surface area contributed by atoms with Gasteiger partial charge in [0, 0.05) is 0 Å². The van der Waals surface area contributed by atoms with Crippen LogP contribution in [-0.2, 0) is 0 Å². The Labute approximate surface area is 61.0 Å². The highest BCUT2D eigenvalue weighted by molar-refractivity contribution is 5.40. The lowest BCUT2D eigenvalue weighted by molar-refractivity contribution is 1.19. The van der Waals surface area contributed by atoms with Crippen molar-refractivity contribution in [1.82, 2.24) is 0 Å². The SMILES string of the molecule is CC1=C(C#N)C=CC=CC1. The highest BCUT2D eigenvalue weighted by Crippen LogP contribution is 2.12. The van der Waals surface area contributed by atoms with Crippen LogP contribution in [0.5, 0.6) is 0 Å². The second-order valence-corrected chi connectivity index (χ2v) is 2.30. The lowest BCUT2D eigenvalue weighted by Crippen LogP contribution is -1.78. The van der Waals surface area contributed by atoms with Crippen LogP contribution >= 0.6 is 0 Å². The van der Waals surface area contributed by atoms with Crippen molar-refractivity contribution in [3.8, 4) is 6.07 Å². The van der Waals surface area contributed by atoms with Crippen molar-refractivity contribution in [3.63, 3.8) is 0 Å². The molecular formula is C9H9N. The van der Waals surface area contributed by atoms with Crippen LogP contribution in [0, 0.1) is 11.3 Å². The van der Waals surface area contributed by atoms with E-state index >= 15 is 0 Å². The molecule has 1 nitrogen and oxygen atoms in total. The molecule has 0 heterocycles. The van der Waals surface area contributed by atoms with Gasteiger partial charge in [-0.2, -0.15) is 5.26 Å². The second kappa shape index (κ2) is 3.03. The molecule has 0 N–H and O–H groups in total. The molecule has 0 aromatic heterocycles. The molecule has 0 bridgehead atoms. The molecule has 10 heavy (non-hydrogen) atoms. The van der Waals surface area contributed by atoms with Gasteiger partial charge in [-0.15, -0.1) is 0 Å². The Morgan fingerprint density at radius 3 is 3.00 bits per heavy atom. The Kier molecular flexibility index (Phi) is 2.07. The number of allylic oxidation sites excluding steroid dienone is 6. The number of hydrogen-bond acceptors (Lipinski definition) is 1. The molecule has 0 saturated heterocycles. The Morgan fingerprint density at radius 1 is 1.50 bits per heavy atom. The normalized spacial score (nSPS) is 16.8. The first-order chi connectivity index (χ1) is 4.84. The van der Waals surface area contributed by atoms with Crippen LogP contribution in [0.3, 0.4) is 0 Å². The minimum atomic E-state index is 0.796. The molecule has 1 aliphatic rings. The Balaban J connectivity index is 2.96. The van der Waals surface area contributed by atoms with Crippen molar-refractivity contribution in [2.24, 2.45) is 0 Å². The Hall–Kier alpha value is -1.29. The molecular weight excluding hydrogens is 122 g/mol. The van der Waals surface area contributed by atoms with Gasteiger partial charge in [0.1, 0.15) is 0 Å². The van der Waals surface area contributed by atoms with Crippen molar-refractivity contribution in [2.75, 3.05) is 0 Å².